The second-order valence-electron chi connectivity index (χ2n) is 9.23. The zero-order chi connectivity index (χ0) is 27.1. The van der Waals surface area contributed by atoms with E-state index in [0.29, 0.717) is 11.4 Å². The monoisotopic (exact) mass is 515 g/mol. The molecule has 0 bridgehead atoms. The zero-order valence-electron chi connectivity index (χ0n) is 21.8. The van der Waals surface area contributed by atoms with E-state index < -0.39 is 23.9 Å². The first-order valence-electron chi connectivity index (χ1n) is 12.1. The molecule has 3 rings (SSSR count). The second-order valence-corrected chi connectivity index (χ2v) is 9.23. The Morgan fingerprint density at radius 3 is 2.54 bits per heavy atom. The molecule has 0 spiro atoms. The summed E-state index contributed by atoms with van der Waals surface area (Å²) < 4.78 is 31.1. The number of anilines is 1. The molecule has 2 aromatic rings. The summed E-state index contributed by atoms with van der Waals surface area (Å²) >= 11 is 0. The van der Waals surface area contributed by atoms with Crippen LogP contribution in [0.2, 0.25) is 0 Å². The highest BCUT2D eigenvalue weighted by Gasteiger charge is 2.31. The number of hydrogen-bond acceptors (Lipinski definition) is 6. The smallest absolute Gasteiger partial charge is 0.257 e. The Morgan fingerprint density at radius 1 is 1.14 bits per heavy atom. The molecule has 0 saturated heterocycles. The largest absolute Gasteiger partial charge is 0.491 e. The number of benzene rings is 2. The van der Waals surface area contributed by atoms with Gasteiger partial charge in [-0.05, 0) is 37.3 Å². The van der Waals surface area contributed by atoms with Crippen LogP contribution >= 0.6 is 0 Å². The predicted molar refractivity (Wildman–Crippen MR) is 136 cm³/mol. The summed E-state index contributed by atoms with van der Waals surface area (Å²) in [6.45, 7) is 4.18. The highest BCUT2D eigenvalue weighted by Crippen LogP contribution is 2.27. The van der Waals surface area contributed by atoms with Crippen molar-refractivity contribution in [2.75, 3.05) is 52.9 Å². The fourth-order valence-electron chi connectivity index (χ4n) is 4.25. The fourth-order valence-corrected chi connectivity index (χ4v) is 4.25. The number of fused-ring (bicyclic) bond motifs is 1. The number of ether oxygens (including phenoxy) is 3. The normalized spacial score (nSPS) is 20.8. The molecule has 37 heavy (non-hydrogen) atoms. The van der Waals surface area contributed by atoms with E-state index in [2.05, 4.69) is 5.32 Å². The average molecular weight is 516 g/mol. The summed E-state index contributed by atoms with van der Waals surface area (Å²) in [4.78, 5) is 41.9. The molecule has 0 aliphatic carbocycles. The summed E-state index contributed by atoms with van der Waals surface area (Å²) in [5, 5.41) is 2.69. The Hall–Kier alpha value is -3.50. The molecular formula is C27H34FN3O6. The quantitative estimate of drug-likeness (QED) is 0.658. The first kappa shape index (κ1) is 28.1. The summed E-state index contributed by atoms with van der Waals surface area (Å²) in [5.74, 6) is -1.59. The van der Waals surface area contributed by atoms with Gasteiger partial charge in [-0.2, -0.15) is 0 Å². The van der Waals surface area contributed by atoms with E-state index in [1.54, 1.807) is 43.3 Å². The summed E-state index contributed by atoms with van der Waals surface area (Å²) in [6, 6.07) is 10.2. The molecule has 1 aliphatic rings. The molecule has 0 saturated carbocycles. The van der Waals surface area contributed by atoms with Crippen molar-refractivity contribution in [3.8, 4) is 5.75 Å². The van der Waals surface area contributed by atoms with Crippen molar-refractivity contribution < 1.29 is 33.0 Å². The van der Waals surface area contributed by atoms with Crippen LogP contribution in [0.1, 0.15) is 34.6 Å². The van der Waals surface area contributed by atoms with Crippen LogP contribution in [0.3, 0.4) is 0 Å². The van der Waals surface area contributed by atoms with E-state index >= 15 is 0 Å². The van der Waals surface area contributed by atoms with Crippen LogP contribution in [0.5, 0.6) is 5.75 Å². The average Bonchev–Trinajstić information content (AvgIpc) is 2.88. The van der Waals surface area contributed by atoms with Gasteiger partial charge >= 0.3 is 0 Å². The highest BCUT2D eigenvalue weighted by molar-refractivity contribution is 5.99. The number of carbonyl (C=O) groups excluding carboxylic acids is 3. The first-order valence-corrected chi connectivity index (χ1v) is 12.1. The number of nitrogens with zero attached hydrogens (tertiary/aromatic N) is 2. The number of carbonyl (C=O) groups is 3. The van der Waals surface area contributed by atoms with Gasteiger partial charge in [0.25, 0.3) is 11.8 Å². The van der Waals surface area contributed by atoms with Gasteiger partial charge in [0.15, 0.2) is 0 Å². The number of methoxy groups -OCH3 is 2. The lowest BCUT2D eigenvalue weighted by atomic mass is 10.0. The zero-order valence-corrected chi connectivity index (χ0v) is 21.8. The molecule has 0 radical (unpaired) electrons. The lowest BCUT2D eigenvalue weighted by molar-refractivity contribution is -0.119. The number of hydrogen-bond donors (Lipinski definition) is 1. The third-order valence-corrected chi connectivity index (χ3v) is 6.37. The van der Waals surface area contributed by atoms with Crippen LogP contribution in [0.15, 0.2) is 42.5 Å². The minimum atomic E-state index is -0.596. The van der Waals surface area contributed by atoms with Gasteiger partial charge in [0, 0.05) is 46.0 Å². The molecule has 3 atom stereocenters. The van der Waals surface area contributed by atoms with Crippen LogP contribution in [0.4, 0.5) is 10.1 Å². The van der Waals surface area contributed by atoms with Gasteiger partial charge in [-0.1, -0.05) is 19.1 Å². The molecule has 1 N–H and O–H groups in total. The van der Waals surface area contributed by atoms with Gasteiger partial charge in [-0.15, -0.1) is 0 Å². The third-order valence-electron chi connectivity index (χ3n) is 6.37. The van der Waals surface area contributed by atoms with E-state index in [1.165, 1.54) is 30.2 Å². The molecule has 9 nitrogen and oxygen atoms in total. The number of amides is 3. The third kappa shape index (κ3) is 6.84. The first-order chi connectivity index (χ1) is 17.7. The van der Waals surface area contributed by atoms with Crippen LogP contribution in [-0.4, -0.2) is 87.2 Å². The number of likely N-dealkylation sites (N-methyl/N-ethyl adjacent to an activating group) is 1. The van der Waals surface area contributed by atoms with Gasteiger partial charge in [0.1, 0.15) is 24.8 Å². The Balaban J connectivity index is 1.98. The Morgan fingerprint density at radius 2 is 1.86 bits per heavy atom. The number of rotatable bonds is 5. The SMILES string of the molecule is COCC(=O)Nc1ccc2c(c1)C(=O)N(C)C[C@H](OC)[C@H](C)CN(C(=O)c1ccccc1F)[C@H](C)CO2. The Labute approximate surface area is 216 Å². The molecule has 0 aromatic heterocycles. The second kappa shape index (κ2) is 12.6. The molecular weight excluding hydrogens is 481 g/mol. The minimum Gasteiger partial charge on any atom is -0.491 e. The van der Waals surface area contributed by atoms with E-state index in [4.69, 9.17) is 14.2 Å². The maximum Gasteiger partial charge on any atom is 0.257 e. The predicted octanol–water partition coefficient (Wildman–Crippen LogP) is 3.06. The lowest BCUT2D eigenvalue weighted by Gasteiger charge is -2.36. The maximum atomic E-state index is 14.5. The van der Waals surface area contributed by atoms with Crippen LogP contribution < -0.4 is 10.1 Å². The summed E-state index contributed by atoms with van der Waals surface area (Å²) in [5.41, 5.74) is 0.644. The van der Waals surface area contributed by atoms with Crippen molar-refractivity contribution in [2.45, 2.75) is 26.0 Å². The molecule has 2 aromatic carbocycles. The van der Waals surface area contributed by atoms with Gasteiger partial charge in [-0.25, -0.2) is 4.39 Å². The molecule has 1 heterocycles. The molecule has 200 valence electrons. The molecule has 3 amide bonds. The van der Waals surface area contributed by atoms with E-state index in [0.717, 1.165) is 0 Å². The molecule has 1 aliphatic heterocycles. The van der Waals surface area contributed by atoms with E-state index in [9.17, 15) is 18.8 Å². The summed E-state index contributed by atoms with van der Waals surface area (Å²) in [7, 11) is 4.62. The maximum absolute atomic E-state index is 14.5. The van der Waals surface area contributed by atoms with Crippen LogP contribution in [-0.2, 0) is 14.3 Å². The minimum absolute atomic E-state index is 0.0215. The van der Waals surface area contributed by atoms with Crippen molar-refractivity contribution in [1.29, 1.82) is 0 Å². The van der Waals surface area contributed by atoms with Crippen molar-refractivity contribution in [2.24, 2.45) is 5.92 Å². The summed E-state index contributed by atoms with van der Waals surface area (Å²) in [6.07, 6.45) is -0.398. The van der Waals surface area contributed by atoms with Crippen LogP contribution in [0.25, 0.3) is 0 Å². The van der Waals surface area contributed by atoms with Gasteiger partial charge < -0.3 is 29.3 Å². The van der Waals surface area contributed by atoms with Gasteiger partial charge in [0.05, 0.1) is 23.3 Å². The molecule has 10 heteroatoms. The standard InChI is InChI=1S/C27H34FN3O6/c1-17-13-31(27(34)20-8-6-7-9-22(20)28)18(2)15-37-23-11-10-19(29-25(32)16-35-4)12-21(23)26(33)30(3)14-24(17)36-5/h6-12,17-18,24H,13-16H2,1-5H3,(H,29,32)/t17-,18-,24+/m1/s1. The van der Waals surface area contributed by atoms with Crippen molar-refractivity contribution in [3.63, 3.8) is 0 Å². The number of halogens is 1. The van der Waals surface area contributed by atoms with Crippen LogP contribution in [0, 0.1) is 11.7 Å². The Kier molecular flexibility index (Phi) is 9.60. The van der Waals surface area contributed by atoms with Crippen molar-refractivity contribution >= 4 is 23.4 Å². The number of nitrogens with one attached hydrogen (secondary N) is 1. The van der Waals surface area contributed by atoms with Gasteiger partial charge in [-0.3, -0.25) is 14.4 Å². The van der Waals surface area contributed by atoms with Crippen molar-refractivity contribution in [3.05, 3.63) is 59.4 Å². The molecule has 0 fully saturated rings. The topological polar surface area (TPSA) is 97.4 Å². The highest BCUT2D eigenvalue weighted by atomic mass is 19.1. The Bertz CT molecular complexity index is 1130. The lowest BCUT2D eigenvalue weighted by Crippen LogP contribution is -2.48. The fraction of sp³-hybridized carbons (Fsp3) is 0.444. The van der Waals surface area contributed by atoms with Crippen molar-refractivity contribution in [1.82, 2.24) is 9.80 Å². The van der Waals surface area contributed by atoms with Gasteiger partial charge in [0.2, 0.25) is 5.91 Å². The molecule has 0 unspecified atom stereocenters. The van der Waals surface area contributed by atoms with E-state index in [-0.39, 0.29) is 55.2 Å². The van der Waals surface area contributed by atoms with E-state index in [1.807, 2.05) is 13.8 Å².